The van der Waals surface area contributed by atoms with Gasteiger partial charge in [0.25, 0.3) is 5.91 Å². The lowest BCUT2D eigenvalue weighted by atomic mass is 10.2. The van der Waals surface area contributed by atoms with Crippen LogP contribution in [0.2, 0.25) is 0 Å². The molecule has 2 N–H and O–H groups in total. The van der Waals surface area contributed by atoms with E-state index in [1.807, 2.05) is 43.3 Å². The lowest BCUT2D eigenvalue weighted by Gasteiger charge is -2.13. The molecule has 0 bridgehead atoms. The van der Waals surface area contributed by atoms with E-state index < -0.39 is 0 Å². The Bertz CT molecular complexity index is 940. The summed E-state index contributed by atoms with van der Waals surface area (Å²) in [5.41, 5.74) is 3.74. The molecule has 0 saturated carbocycles. The summed E-state index contributed by atoms with van der Waals surface area (Å²) in [6.45, 7) is 2.00. The van der Waals surface area contributed by atoms with Crippen molar-refractivity contribution in [2.24, 2.45) is 0 Å². The summed E-state index contributed by atoms with van der Waals surface area (Å²) in [5, 5.41) is 6.08. The van der Waals surface area contributed by atoms with Gasteiger partial charge in [-0.25, -0.2) is 0 Å². The molecule has 2 aromatic carbocycles. The van der Waals surface area contributed by atoms with E-state index >= 15 is 0 Å². The highest BCUT2D eigenvalue weighted by Crippen LogP contribution is 2.31. The molecule has 0 saturated heterocycles. The number of methoxy groups -OCH3 is 2. The van der Waals surface area contributed by atoms with Crippen LogP contribution in [0.25, 0.3) is 0 Å². The molecule has 0 aliphatic heterocycles. The van der Waals surface area contributed by atoms with Crippen molar-refractivity contribution in [3.63, 3.8) is 0 Å². The van der Waals surface area contributed by atoms with Gasteiger partial charge in [-0.2, -0.15) is 0 Å². The Morgan fingerprint density at radius 3 is 2.41 bits per heavy atom. The van der Waals surface area contributed by atoms with E-state index in [-0.39, 0.29) is 5.91 Å². The van der Waals surface area contributed by atoms with E-state index in [4.69, 9.17) is 9.47 Å². The molecular formula is C21H21N3O3. The van der Waals surface area contributed by atoms with Crippen molar-refractivity contribution in [1.82, 2.24) is 4.98 Å². The van der Waals surface area contributed by atoms with Crippen LogP contribution in [0.15, 0.2) is 60.9 Å². The fraction of sp³-hybridized carbons (Fsp3) is 0.143. The van der Waals surface area contributed by atoms with Crippen molar-refractivity contribution in [3.05, 3.63) is 72.1 Å². The minimum Gasteiger partial charge on any atom is -0.497 e. The zero-order chi connectivity index (χ0) is 19.2. The number of ether oxygens (including phenoxy) is 2. The molecule has 1 heterocycles. The summed E-state index contributed by atoms with van der Waals surface area (Å²) in [6.07, 6.45) is 3.17. The highest BCUT2D eigenvalue weighted by Gasteiger charge is 2.10. The Morgan fingerprint density at radius 1 is 0.926 bits per heavy atom. The molecule has 1 amide bonds. The number of hydrogen-bond donors (Lipinski definition) is 2. The van der Waals surface area contributed by atoms with Crippen LogP contribution in [0.1, 0.15) is 15.9 Å². The number of pyridine rings is 1. The average molecular weight is 363 g/mol. The highest BCUT2D eigenvalue weighted by molar-refractivity contribution is 6.04. The number of aryl methyl sites for hydroxylation is 1. The van der Waals surface area contributed by atoms with Gasteiger partial charge in [0.05, 0.1) is 37.4 Å². The lowest BCUT2D eigenvalue weighted by molar-refractivity contribution is 0.102. The number of amides is 1. The standard InChI is InChI=1S/C21H21N3O3/c1-14-4-6-16(7-5-14)24-21(25)15-10-17(13-22-12-15)23-19-9-8-18(26-2)11-20(19)27-3/h4-13,23H,1-3H3,(H,24,25). The Labute approximate surface area is 158 Å². The average Bonchev–Trinajstić information content (AvgIpc) is 2.70. The molecule has 1 aromatic heterocycles. The van der Waals surface area contributed by atoms with E-state index in [2.05, 4.69) is 15.6 Å². The first-order valence-corrected chi connectivity index (χ1v) is 8.41. The molecule has 0 radical (unpaired) electrons. The second kappa shape index (κ2) is 8.23. The van der Waals surface area contributed by atoms with Crippen molar-refractivity contribution in [2.45, 2.75) is 6.92 Å². The molecule has 3 rings (SSSR count). The SMILES string of the molecule is COc1ccc(Nc2cncc(C(=O)Nc3ccc(C)cc3)c2)c(OC)c1. The Hall–Kier alpha value is -3.54. The zero-order valence-electron chi connectivity index (χ0n) is 15.4. The van der Waals surface area contributed by atoms with E-state index in [9.17, 15) is 4.79 Å². The molecule has 0 atom stereocenters. The van der Waals surface area contributed by atoms with Gasteiger partial charge < -0.3 is 20.1 Å². The third-order valence-corrected chi connectivity index (χ3v) is 4.00. The zero-order valence-corrected chi connectivity index (χ0v) is 15.4. The third-order valence-electron chi connectivity index (χ3n) is 4.00. The molecule has 0 fully saturated rings. The van der Waals surface area contributed by atoms with Gasteiger partial charge in [-0.15, -0.1) is 0 Å². The molecule has 6 heteroatoms. The molecule has 6 nitrogen and oxygen atoms in total. The topological polar surface area (TPSA) is 72.5 Å². The summed E-state index contributed by atoms with van der Waals surface area (Å²) in [7, 11) is 3.19. The van der Waals surface area contributed by atoms with Crippen molar-refractivity contribution in [3.8, 4) is 11.5 Å². The molecule has 0 unspecified atom stereocenters. The second-order valence-electron chi connectivity index (χ2n) is 5.97. The lowest BCUT2D eigenvalue weighted by Crippen LogP contribution is -2.12. The van der Waals surface area contributed by atoms with Crippen molar-refractivity contribution in [1.29, 1.82) is 0 Å². The van der Waals surface area contributed by atoms with Gasteiger partial charge >= 0.3 is 0 Å². The third kappa shape index (κ3) is 4.55. The van der Waals surface area contributed by atoms with Crippen LogP contribution in [0.4, 0.5) is 17.1 Å². The first-order valence-electron chi connectivity index (χ1n) is 8.41. The fourth-order valence-electron chi connectivity index (χ4n) is 2.53. The number of carbonyl (C=O) groups excluding carboxylic acids is 1. The molecule has 3 aromatic rings. The first-order chi connectivity index (χ1) is 13.1. The van der Waals surface area contributed by atoms with Gasteiger partial charge in [-0.3, -0.25) is 9.78 Å². The number of carbonyl (C=O) groups is 1. The van der Waals surface area contributed by atoms with Crippen molar-refractivity contribution in [2.75, 3.05) is 24.9 Å². The van der Waals surface area contributed by atoms with Gasteiger partial charge in [0.2, 0.25) is 0 Å². The molecule has 138 valence electrons. The minimum atomic E-state index is -0.225. The first kappa shape index (κ1) is 18.3. The van der Waals surface area contributed by atoms with Crippen LogP contribution in [0.5, 0.6) is 11.5 Å². The van der Waals surface area contributed by atoms with Crippen LogP contribution in [0.3, 0.4) is 0 Å². The number of aromatic nitrogens is 1. The fourth-order valence-corrected chi connectivity index (χ4v) is 2.53. The molecule has 27 heavy (non-hydrogen) atoms. The van der Waals surface area contributed by atoms with Crippen molar-refractivity contribution >= 4 is 23.0 Å². The molecule has 0 spiro atoms. The molecule has 0 aliphatic carbocycles. The van der Waals surface area contributed by atoms with Gasteiger partial charge in [-0.1, -0.05) is 17.7 Å². The maximum absolute atomic E-state index is 12.5. The van der Waals surface area contributed by atoms with E-state index in [0.717, 1.165) is 16.9 Å². The number of nitrogens with one attached hydrogen (secondary N) is 2. The number of rotatable bonds is 6. The quantitative estimate of drug-likeness (QED) is 0.679. The largest absolute Gasteiger partial charge is 0.497 e. The van der Waals surface area contributed by atoms with E-state index in [0.29, 0.717) is 22.7 Å². The highest BCUT2D eigenvalue weighted by atomic mass is 16.5. The van der Waals surface area contributed by atoms with Gasteiger partial charge in [-0.05, 0) is 37.3 Å². The predicted octanol–water partition coefficient (Wildman–Crippen LogP) is 4.40. The maximum atomic E-state index is 12.5. The number of anilines is 3. The predicted molar refractivity (Wildman–Crippen MR) is 106 cm³/mol. The van der Waals surface area contributed by atoms with Crippen LogP contribution in [-0.2, 0) is 0 Å². The van der Waals surface area contributed by atoms with Gasteiger partial charge in [0.15, 0.2) is 0 Å². The summed E-state index contributed by atoms with van der Waals surface area (Å²) in [6, 6.07) is 14.8. The van der Waals surface area contributed by atoms with Crippen LogP contribution < -0.4 is 20.1 Å². The summed E-state index contributed by atoms with van der Waals surface area (Å²) in [5.74, 6) is 1.10. The van der Waals surface area contributed by atoms with Crippen LogP contribution >= 0.6 is 0 Å². The summed E-state index contributed by atoms with van der Waals surface area (Å²) < 4.78 is 10.6. The monoisotopic (exact) mass is 363 g/mol. The number of hydrogen-bond acceptors (Lipinski definition) is 5. The smallest absolute Gasteiger partial charge is 0.257 e. The number of benzene rings is 2. The van der Waals surface area contributed by atoms with Gasteiger partial charge in [0.1, 0.15) is 11.5 Å². The van der Waals surface area contributed by atoms with E-state index in [1.165, 1.54) is 6.20 Å². The summed E-state index contributed by atoms with van der Waals surface area (Å²) in [4.78, 5) is 16.6. The molecular weight excluding hydrogens is 342 g/mol. The van der Waals surface area contributed by atoms with E-state index in [1.54, 1.807) is 32.5 Å². The van der Waals surface area contributed by atoms with Gasteiger partial charge in [0, 0.05) is 18.0 Å². The maximum Gasteiger partial charge on any atom is 0.257 e. The summed E-state index contributed by atoms with van der Waals surface area (Å²) >= 11 is 0. The second-order valence-corrected chi connectivity index (χ2v) is 5.97. The Balaban J connectivity index is 1.77. The Morgan fingerprint density at radius 2 is 1.70 bits per heavy atom. The minimum absolute atomic E-state index is 0.225. The normalized spacial score (nSPS) is 10.2. The van der Waals surface area contributed by atoms with Crippen LogP contribution in [-0.4, -0.2) is 25.1 Å². The number of nitrogens with zero attached hydrogens (tertiary/aromatic N) is 1. The van der Waals surface area contributed by atoms with Crippen molar-refractivity contribution < 1.29 is 14.3 Å². The Kier molecular flexibility index (Phi) is 5.56. The van der Waals surface area contributed by atoms with Crippen LogP contribution in [0, 0.1) is 6.92 Å². The molecule has 0 aliphatic rings.